The number of rotatable bonds is 6. The van der Waals surface area contributed by atoms with Crippen LogP contribution in [0.2, 0.25) is 0 Å². The van der Waals surface area contributed by atoms with Crippen molar-refractivity contribution in [2.75, 3.05) is 18.4 Å². The van der Waals surface area contributed by atoms with Gasteiger partial charge in [-0.3, -0.25) is 4.68 Å². The molecule has 1 aromatic heterocycles. The van der Waals surface area contributed by atoms with Gasteiger partial charge in [-0.1, -0.05) is 30.3 Å². The number of hydrogen-bond acceptors (Lipinski definition) is 3. The van der Waals surface area contributed by atoms with E-state index in [9.17, 15) is 0 Å². The number of nitrogens with two attached hydrogens (primary N) is 1. The lowest BCUT2D eigenvalue weighted by Crippen LogP contribution is -2.21. The third kappa shape index (κ3) is 3.11. The first kappa shape index (κ1) is 12.6. The van der Waals surface area contributed by atoms with Crippen LogP contribution in [0.25, 0.3) is 0 Å². The van der Waals surface area contributed by atoms with Gasteiger partial charge in [0.1, 0.15) is 5.82 Å². The van der Waals surface area contributed by atoms with E-state index >= 15 is 0 Å². The first-order valence-corrected chi connectivity index (χ1v) is 6.35. The number of hydrogen-bond donors (Lipinski definition) is 2. The fraction of sp³-hybridized carbons (Fsp3) is 0.357. The molecular weight excluding hydrogens is 224 g/mol. The lowest BCUT2D eigenvalue weighted by atomic mass is 9.99. The maximum absolute atomic E-state index is 5.83. The molecule has 0 bridgehead atoms. The summed E-state index contributed by atoms with van der Waals surface area (Å²) < 4.78 is 1.91. The lowest BCUT2D eigenvalue weighted by Gasteiger charge is -2.15. The number of aromatic nitrogens is 2. The highest BCUT2D eigenvalue weighted by atomic mass is 15.3. The van der Waals surface area contributed by atoms with E-state index in [4.69, 9.17) is 5.73 Å². The first-order chi connectivity index (χ1) is 8.83. The second-order valence-corrected chi connectivity index (χ2v) is 4.28. The van der Waals surface area contributed by atoms with Gasteiger partial charge < -0.3 is 11.1 Å². The van der Waals surface area contributed by atoms with Gasteiger partial charge in [0.15, 0.2) is 0 Å². The van der Waals surface area contributed by atoms with Crippen LogP contribution in [0.5, 0.6) is 0 Å². The van der Waals surface area contributed by atoms with Gasteiger partial charge in [0, 0.05) is 37.8 Å². The van der Waals surface area contributed by atoms with Gasteiger partial charge in [0.25, 0.3) is 0 Å². The highest BCUT2D eigenvalue weighted by Crippen LogP contribution is 2.15. The number of nitrogens with zero attached hydrogens (tertiary/aromatic N) is 2. The van der Waals surface area contributed by atoms with Gasteiger partial charge in [0.2, 0.25) is 0 Å². The average molecular weight is 244 g/mol. The molecule has 4 nitrogen and oxygen atoms in total. The van der Waals surface area contributed by atoms with E-state index < -0.39 is 0 Å². The van der Waals surface area contributed by atoms with Crippen LogP contribution in [0.1, 0.15) is 18.4 Å². The van der Waals surface area contributed by atoms with Crippen LogP contribution in [0, 0.1) is 0 Å². The first-order valence-electron chi connectivity index (χ1n) is 6.35. The van der Waals surface area contributed by atoms with E-state index in [1.165, 1.54) is 5.56 Å². The summed E-state index contributed by atoms with van der Waals surface area (Å²) in [6.45, 7) is 4.40. The van der Waals surface area contributed by atoms with Crippen molar-refractivity contribution in [3.8, 4) is 0 Å². The quantitative estimate of drug-likeness (QED) is 0.817. The van der Waals surface area contributed by atoms with E-state index in [0.717, 1.165) is 18.9 Å². The Hall–Kier alpha value is -1.81. The second-order valence-electron chi connectivity index (χ2n) is 4.28. The fourth-order valence-electron chi connectivity index (χ4n) is 1.92. The normalized spacial score (nSPS) is 12.3. The molecule has 4 heteroatoms. The van der Waals surface area contributed by atoms with E-state index in [0.29, 0.717) is 12.5 Å². The molecule has 0 aliphatic heterocycles. The summed E-state index contributed by atoms with van der Waals surface area (Å²) in [6, 6.07) is 12.3. The second kappa shape index (κ2) is 6.21. The Balaban J connectivity index is 1.95. The Morgan fingerprint density at radius 1 is 1.28 bits per heavy atom. The Kier molecular flexibility index (Phi) is 4.36. The third-order valence-electron chi connectivity index (χ3n) is 3.05. The molecule has 2 rings (SSSR count). The zero-order valence-corrected chi connectivity index (χ0v) is 10.7. The zero-order chi connectivity index (χ0) is 12.8. The van der Waals surface area contributed by atoms with Crippen molar-refractivity contribution in [1.82, 2.24) is 9.78 Å². The van der Waals surface area contributed by atoms with E-state index in [1.54, 1.807) is 0 Å². The van der Waals surface area contributed by atoms with Crippen molar-refractivity contribution in [1.29, 1.82) is 0 Å². The maximum atomic E-state index is 5.83. The summed E-state index contributed by atoms with van der Waals surface area (Å²) in [7, 11) is 0. The predicted molar refractivity (Wildman–Crippen MR) is 74.6 cm³/mol. The van der Waals surface area contributed by atoms with Gasteiger partial charge >= 0.3 is 0 Å². The molecule has 18 heavy (non-hydrogen) atoms. The van der Waals surface area contributed by atoms with Crippen molar-refractivity contribution < 1.29 is 0 Å². The van der Waals surface area contributed by atoms with Gasteiger partial charge in [-0.2, -0.15) is 5.10 Å². The van der Waals surface area contributed by atoms with Crippen LogP contribution >= 0.6 is 0 Å². The highest BCUT2D eigenvalue weighted by Gasteiger charge is 2.09. The minimum absolute atomic E-state index is 0.318. The molecule has 1 heterocycles. The van der Waals surface area contributed by atoms with Crippen LogP contribution in [-0.2, 0) is 6.54 Å². The maximum Gasteiger partial charge on any atom is 0.148 e. The van der Waals surface area contributed by atoms with Gasteiger partial charge in [-0.25, -0.2) is 0 Å². The summed E-state index contributed by atoms with van der Waals surface area (Å²) in [6.07, 6.45) is 1.97. The van der Waals surface area contributed by atoms with E-state index in [-0.39, 0.29) is 0 Å². The summed E-state index contributed by atoms with van der Waals surface area (Å²) in [5, 5.41) is 7.73. The minimum Gasteiger partial charge on any atom is -0.368 e. The Bertz CT molecular complexity index is 464. The standard InChI is InChI=1S/C14H20N4/c1-2-18-9-8-14(17-18)16-11-13(10-15)12-6-4-3-5-7-12/h3-9,13H,2,10-11,15H2,1H3,(H,16,17). The van der Waals surface area contributed by atoms with Crippen molar-refractivity contribution in [2.45, 2.75) is 19.4 Å². The fourth-order valence-corrected chi connectivity index (χ4v) is 1.92. The third-order valence-corrected chi connectivity index (χ3v) is 3.05. The molecule has 3 N–H and O–H groups in total. The van der Waals surface area contributed by atoms with E-state index in [2.05, 4.69) is 29.5 Å². The molecule has 0 saturated carbocycles. The van der Waals surface area contributed by atoms with Crippen LogP contribution < -0.4 is 11.1 Å². The zero-order valence-electron chi connectivity index (χ0n) is 10.7. The summed E-state index contributed by atoms with van der Waals surface area (Å²) in [5.74, 6) is 1.23. The number of aryl methyl sites for hydroxylation is 1. The molecule has 0 amide bonds. The Morgan fingerprint density at radius 3 is 2.67 bits per heavy atom. The molecule has 0 spiro atoms. The summed E-state index contributed by atoms with van der Waals surface area (Å²) in [5.41, 5.74) is 7.10. The van der Waals surface area contributed by atoms with Crippen LogP contribution in [0.15, 0.2) is 42.6 Å². The van der Waals surface area contributed by atoms with Gasteiger partial charge in [0.05, 0.1) is 0 Å². The van der Waals surface area contributed by atoms with Gasteiger partial charge in [-0.15, -0.1) is 0 Å². The van der Waals surface area contributed by atoms with Crippen LogP contribution in [0.3, 0.4) is 0 Å². The van der Waals surface area contributed by atoms with Crippen LogP contribution in [-0.4, -0.2) is 22.9 Å². The number of anilines is 1. The molecule has 1 atom stereocenters. The Morgan fingerprint density at radius 2 is 2.06 bits per heavy atom. The van der Waals surface area contributed by atoms with Crippen molar-refractivity contribution in [2.24, 2.45) is 5.73 Å². The van der Waals surface area contributed by atoms with Gasteiger partial charge in [-0.05, 0) is 12.5 Å². The number of nitrogens with one attached hydrogen (secondary N) is 1. The molecule has 0 saturated heterocycles. The molecule has 0 fully saturated rings. The van der Waals surface area contributed by atoms with E-state index in [1.807, 2.05) is 35.1 Å². The molecule has 0 aliphatic rings. The van der Waals surface area contributed by atoms with Crippen molar-refractivity contribution >= 4 is 5.82 Å². The molecule has 1 aromatic carbocycles. The lowest BCUT2D eigenvalue weighted by molar-refractivity contribution is 0.658. The molecule has 1 unspecified atom stereocenters. The Labute approximate surface area is 108 Å². The highest BCUT2D eigenvalue weighted by molar-refractivity contribution is 5.33. The molecule has 2 aromatic rings. The molecular formula is C14H20N4. The average Bonchev–Trinajstić information content (AvgIpc) is 2.89. The SMILES string of the molecule is CCn1ccc(NCC(CN)c2ccccc2)n1. The topological polar surface area (TPSA) is 55.9 Å². The largest absolute Gasteiger partial charge is 0.368 e. The number of benzene rings is 1. The minimum atomic E-state index is 0.318. The predicted octanol–water partition coefficient (Wildman–Crippen LogP) is 2.06. The molecule has 96 valence electrons. The summed E-state index contributed by atoms with van der Waals surface area (Å²) in [4.78, 5) is 0. The molecule has 0 aliphatic carbocycles. The van der Waals surface area contributed by atoms with Crippen LogP contribution in [0.4, 0.5) is 5.82 Å². The molecule has 0 radical (unpaired) electrons. The summed E-state index contributed by atoms with van der Waals surface area (Å²) >= 11 is 0. The monoisotopic (exact) mass is 244 g/mol. The van der Waals surface area contributed by atoms with Crippen molar-refractivity contribution in [3.63, 3.8) is 0 Å². The van der Waals surface area contributed by atoms with Crippen molar-refractivity contribution in [3.05, 3.63) is 48.2 Å². The smallest absolute Gasteiger partial charge is 0.148 e.